The monoisotopic (exact) mass is 222 g/mol. The molecule has 14 heavy (non-hydrogen) atoms. The van der Waals surface area contributed by atoms with Gasteiger partial charge in [-0.3, -0.25) is 0 Å². The minimum absolute atomic E-state index is 0.104. The molecule has 0 amide bonds. The fraction of sp³-hybridized carbons (Fsp3) is 1.00. The summed E-state index contributed by atoms with van der Waals surface area (Å²) in [4.78, 5) is 0. The average Bonchev–Trinajstić information content (AvgIpc) is 2.25. The van der Waals surface area contributed by atoms with E-state index in [1.165, 1.54) is 6.92 Å². The van der Waals surface area contributed by atoms with E-state index in [0.29, 0.717) is 6.42 Å². The van der Waals surface area contributed by atoms with Crippen molar-refractivity contribution in [2.45, 2.75) is 37.6 Å². The molecule has 5 atom stereocenters. The molecule has 80 valence electrons. The molecule has 6 heteroatoms. The van der Waals surface area contributed by atoms with Crippen molar-refractivity contribution in [3.05, 3.63) is 0 Å². The van der Waals surface area contributed by atoms with Gasteiger partial charge in [-0.25, -0.2) is 12.8 Å². The molecule has 0 radical (unpaired) electrons. The second-order valence-electron chi connectivity index (χ2n) is 4.73. The van der Waals surface area contributed by atoms with Crippen molar-refractivity contribution in [3.8, 4) is 0 Å². The van der Waals surface area contributed by atoms with Crippen LogP contribution in [0.2, 0.25) is 0 Å². The van der Waals surface area contributed by atoms with Gasteiger partial charge >= 0.3 is 10.4 Å². The van der Waals surface area contributed by atoms with Crippen LogP contribution in [0.1, 0.15) is 20.3 Å². The zero-order chi connectivity index (χ0) is 10.4. The Hall–Kier alpha value is -0.200. The van der Waals surface area contributed by atoms with Gasteiger partial charge in [0.15, 0.2) is 0 Å². The number of fused-ring (bicyclic) bond motifs is 3. The summed E-state index contributed by atoms with van der Waals surface area (Å²) in [7, 11) is -3.89. The van der Waals surface area contributed by atoms with E-state index in [2.05, 4.69) is 0 Å². The smallest absolute Gasteiger partial charge is 0.243 e. The predicted octanol–water partition coefficient (Wildman–Crippen LogP) is 0.783. The summed E-state index contributed by atoms with van der Waals surface area (Å²) in [5, 5.41) is 0. The summed E-state index contributed by atoms with van der Waals surface area (Å²) in [6.45, 7) is 3.12. The van der Waals surface area contributed by atoms with Gasteiger partial charge in [0.2, 0.25) is 0 Å². The molecule has 0 aromatic carbocycles. The zero-order valence-corrected chi connectivity index (χ0v) is 8.67. The number of halogens is 1. The molecule has 1 saturated heterocycles. The highest BCUT2D eigenvalue weighted by molar-refractivity contribution is 7.82. The van der Waals surface area contributed by atoms with Gasteiger partial charge in [-0.2, -0.15) is 8.42 Å². The molecule has 0 aromatic heterocycles. The van der Waals surface area contributed by atoms with Gasteiger partial charge in [0, 0.05) is 11.8 Å². The normalized spacial score (nSPS) is 63.5. The Balaban J connectivity index is 2.00. The first-order chi connectivity index (χ1) is 6.27. The standard InChI is InChI=1S/C8H11FO4S/c1-7(9)4-3-5-8(2,6(4)7)13-14(10,11)12-5/h4-6H,3H2,1-2H3. The van der Waals surface area contributed by atoms with Crippen LogP contribution in [0, 0.1) is 11.8 Å². The molecule has 0 spiro atoms. The fourth-order valence-corrected chi connectivity index (χ4v) is 4.42. The van der Waals surface area contributed by atoms with Crippen molar-refractivity contribution < 1.29 is 21.2 Å². The number of rotatable bonds is 0. The summed E-state index contributed by atoms with van der Waals surface area (Å²) in [5.41, 5.74) is -2.26. The summed E-state index contributed by atoms with van der Waals surface area (Å²) < 4.78 is 45.4. The van der Waals surface area contributed by atoms with Gasteiger partial charge in [0.25, 0.3) is 0 Å². The highest BCUT2D eigenvalue weighted by Gasteiger charge is 2.80. The molecule has 3 fully saturated rings. The number of alkyl halides is 1. The van der Waals surface area contributed by atoms with Crippen molar-refractivity contribution in [2.75, 3.05) is 0 Å². The lowest BCUT2D eigenvalue weighted by atomic mass is 9.94. The first-order valence-electron chi connectivity index (χ1n) is 4.60. The molecule has 0 N–H and O–H groups in total. The van der Waals surface area contributed by atoms with E-state index in [9.17, 15) is 12.8 Å². The van der Waals surface area contributed by atoms with Crippen LogP contribution in [0.25, 0.3) is 0 Å². The molecule has 3 aliphatic rings. The van der Waals surface area contributed by atoms with Crippen molar-refractivity contribution in [1.29, 1.82) is 0 Å². The van der Waals surface area contributed by atoms with Crippen molar-refractivity contribution in [2.24, 2.45) is 11.8 Å². The van der Waals surface area contributed by atoms with E-state index in [1.807, 2.05) is 0 Å². The Morgan fingerprint density at radius 3 is 2.71 bits per heavy atom. The predicted molar refractivity (Wildman–Crippen MR) is 44.4 cm³/mol. The summed E-state index contributed by atoms with van der Waals surface area (Å²) in [5.74, 6) is -0.440. The molecule has 1 aliphatic heterocycles. The zero-order valence-electron chi connectivity index (χ0n) is 7.86. The SMILES string of the molecule is CC1(F)C2CC3OS(=O)(=O)OC3(C)C21. The molecule has 1 heterocycles. The van der Waals surface area contributed by atoms with Crippen LogP contribution >= 0.6 is 0 Å². The Labute approximate surface area is 81.7 Å². The molecule has 4 nitrogen and oxygen atoms in total. The second-order valence-corrected chi connectivity index (χ2v) is 5.91. The van der Waals surface area contributed by atoms with Crippen molar-refractivity contribution >= 4 is 10.4 Å². The Morgan fingerprint density at radius 1 is 1.43 bits per heavy atom. The molecule has 0 bridgehead atoms. The maximum Gasteiger partial charge on any atom is 0.400 e. The van der Waals surface area contributed by atoms with Crippen LogP contribution in [0.3, 0.4) is 0 Å². The van der Waals surface area contributed by atoms with E-state index in [4.69, 9.17) is 8.37 Å². The van der Waals surface area contributed by atoms with Crippen LogP contribution < -0.4 is 0 Å². The molecule has 3 rings (SSSR count). The van der Waals surface area contributed by atoms with Crippen LogP contribution in [-0.2, 0) is 18.8 Å². The Morgan fingerprint density at radius 2 is 2.07 bits per heavy atom. The lowest BCUT2D eigenvalue weighted by molar-refractivity contribution is 0.0261. The first-order valence-corrected chi connectivity index (χ1v) is 5.93. The first kappa shape index (κ1) is 9.06. The third-order valence-corrected chi connectivity index (χ3v) is 4.90. The topological polar surface area (TPSA) is 52.6 Å². The van der Waals surface area contributed by atoms with E-state index < -0.39 is 27.8 Å². The highest BCUT2D eigenvalue weighted by atomic mass is 32.3. The fourth-order valence-electron chi connectivity index (χ4n) is 3.18. The Kier molecular flexibility index (Phi) is 1.30. The molecule has 0 aromatic rings. The van der Waals surface area contributed by atoms with E-state index in [-0.39, 0.29) is 11.8 Å². The number of hydrogen-bond donors (Lipinski definition) is 0. The van der Waals surface area contributed by atoms with Crippen LogP contribution in [0.15, 0.2) is 0 Å². The molecule has 2 aliphatic carbocycles. The lowest BCUT2D eigenvalue weighted by Crippen LogP contribution is -2.38. The highest BCUT2D eigenvalue weighted by Crippen LogP contribution is 2.70. The molecule has 2 saturated carbocycles. The molecule has 5 unspecified atom stereocenters. The van der Waals surface area contributed by atoms with Crippen molar-refractivity contribution in [1.82, 2.24) is 0 Å². The number of hydrogen-bond acceptors (Lipinski definition) is 4. The van der Waals surface area contributed by atoms with E-state index in [0.717, 1.165) is 0 Å². The van der Waals surface area contributed by atoms with Gasteiger partial charge in [0.05, 0.1) is 0 Å². The van der Waals surface area contributed by atoms with E-state index >= 15 is 0 Å². The lowest BCUT2D eigenvalue weighted by Gasteiger charge is -2.23. The summed E-state index contributed by atoms with van der Waals surface area (Å²) in [6.07, 6.45) is -0.0563. The summed E-state index contributed by atoms with van der Waals surface area (Å²) >= 11 is 0. The van der Waals surface area contributed by atoms with Gasteiger partial charge < -0.3 is 0 Å². The van der Waals surface area contributed by atoms with Crippen LogP contribution in [0.5, 0.6) is 0 Å². The van der Waals surface area contributed by atoms with Gasteiger partial charge in [-0.05, 0) is 20.3 Å². The van der Waals surface area contributed by atoms with E-state index in [1.54, 1.807) is 6.92 Å². The largest absolute Gasteiger partial charge is 0.400 e. The second kappa shape index (κ2) is 2.01. The minimum Gasteiger partial charge on any atom is -0.243 e. The van der Waals surface area contributed by atoms with Crippen LogP contribution in [0.4, 0.5) is 4.39 Å². The van der Waals surface area contributed by atoms with Gasteiger partial charge in [-0.15, -0.1) is 0 Å². The van der Waals surface area contributed by atoms with Crippen molar-refractivity contribution in [3.63, 3.8) is 0 Å². The Bertz CT molecular complexity index is 404. The van der Waals surface area contributed by atoms with Gasteiger partial charge in [-0.1, -0.05) is 0 Å². The quantitative estimate of drug-likeness (QED) is 0.608. The maximum absolute atomic E-state index is 13.7. The third-order valence-electron chi connectivity index (χ3n) is 3.87. The molecular weight excluding hydrogens is 211 g/mol. The molecular formula is C8H11FO4S. The average molecular weight is 222 g/mol. The minimum atomic E-state index is -3.89. The third kappa shape index (κ3) is 0.827. The summed E-state index contributed by atoms with van der Waals surface area (Å²) in [6, 6.07) is 0. The maximum atomic E-state index is 13.7. The van der Waals surface area contributed by atoms with Crippen LogP contribution in [-0.4, -0.2) is 25.8 Å². The van der Waals surface area contributed by atoms with Gasteiger partial charge in [0.1, 0.15) is 17.4 Å².